The van der Waals surface area contributed by atoms with E-state index in [-0.39, 0.29) is 18.0 Å². The summed E-state index contributed by atoms with van der Waals surface area (Å²) in [4.78, 5) is 13.2. The van der Waals surface area contributed by atoms with Gasteiger partial charge in [0.25, 0.3) is 0 Å². The number of aliphatic hydroxyl groups excluding tert-OH is 1. The predicted molar refractivity (Wildman–Crippen MR) is 108 cm³/mol. The standard InChI is InChI=1S/C20H20FN5OS/c21-13-9-16-18(28-20(25-16)24-14-4-1-2-6-17(14)27)8-12(13)10-26-11-23-15-5-3-7-22-19(15)26/h3,5,7-9,11,14,17,27H,1-2,4,6,10H2,(H,24,25)/t14?,17-/m1/s1. The van der Waals surface area contributed by atoms with Crippen LogP contribution in [0.4, 0.5) is 9.52 Å². The summed E-state index contributed by atoms with van der Waals surface area (Å²) in [5, 5.41) is 14.2. The minimum atomic E-state index is -0.352. The van der Waals surface area contributed by atoms with Crippen LogP contribution in [0, 0.1) is 5.82 Å². The molecule has 1 saturated carbocycles. The van der Waals surface area contributed by atoms with E-state index in [1.54, 1.807) is 12.5 Å². The molecule has 28 heavy (non-hydrogen) atoms. The largest absolute Gasteiger partial charge is 0.391 e. The minimum Gasteiger partial charge on any atom is -0.391 e. The Morgan fingerprint density at radius 3 is 3.00 bits per heavy atom. The molecule has 5 rings (SSSR count). The van der Waals surface area contributed by atoms with Crippen LogP contribution in [0.2, 0.25) is 0 Å². The summed E-state index contributed by atoms with van der Waals surface area (Å²) in [5.41, 5.74) is 2.73. The van der Waals surface area contributed by atoms with Gasteiger partial charge in [-0.15, -0.1) is 0 Å². The number of pyridine rings is 1. The van der Waals surface area contributed by atoms with Gasteiger partial charge in [-0.1, -0.05) is 24.2 Å². The summed E-state index contributed by atoms with van der Waals surface area (Å²) in [5.74, 6) is -0.292. The molecule has 6 nitrogen and oxygen atoms in total. The second-order valence-electron chi connectivity index (χ2n) is 7.25. The highest BCUT2D eigenvalue weighted by molar-refractivity contribution is 7.22. The zero-order valence-electron chi connectivity index (χ0n) is 15.2. The van der Waals surface area contributed by atoms with E-state index in [4.69, 9.17) is 0 Å². The third-order valence-electron chi connectivity index (χ3n) is 5.31. The number of halogens is 1. The summed E-state index contributed by atoms with van der Waals surface area (Å²) >= 11 is 1.49. The lowest BCUT2D eigenvalue weighted by Crippen LogP contribution is -2.36. The fourth-order valence-electron chi connectivity index (χ4n) is 3.81. The first-order valence-electron chi connectivity index (χ1n) is 9.47. The number of benzene rings is 1. The number of rotatable bonds is 4. The minimum absolute atomic E-state index is 0.0158. The summed E-state index contributed by atoms with van der Waals surface area (Å²) in [6, 6.07) is 7.07. The fraction of sp³-hybridized carbons (Fsp3) is 0.350. The maximum absolute atomic E-state index is 14.7. The van der Waals surface area contributed by atoms with Gasteiger partial charge in [0.1, 0.15) is 11.3 Å². The van der Waals surface area contributed by atoms with Crippen LogP contribution in [0.15, 0.2) is 36.8 Å². The van der Waals surface area contributed by atoms with E-state index >= 15 is 0 Å². The maximum atomic E-state index is 14.7. The van der Waals surface area contributed by atoms with Crippen molar-refractivity contribution in [3.63, 3.8) is 0 Å². The number of aliphatic hydroxyl groups is 1. The average Bonchev–Trinajstić information content (AvgIpc) is 3.27. The molecule has 4 aromatic rings. The van der Waals surface area contributed by atoms with Crippen molar-refractivity contribution in [1.82, 2.24) is 19.5 Å². The van der Waals surface area contributed by atoms with Crippen LogP contribution in [0.25, 0.3) is 21.4 Å². The lowest BCUT2D eigenvalue weighted by Gasteiger charge is -2.27. The number of hydrogen-bond donors (Lipinski definition) is 2. The zero-order chi connectivity index (χ0) is 19.1. The highest BCUT2D eigenvalue weighted by Gasteiger charge is 2.24. The number of nitrogens with zero attached hydrogens (tertiary/aromatic N) is 4. The van der Waals surface area contributed by atoms with Crippen LogP contribution in [0.3, 0.4) is 0 Å². The average molecular weight is 397 g/mol. The van der Waals surface area contributed by atoms with Gasteiger partial charge in [0.2, 0.25) is 0 Å². The Bertz CT molecular complexity index is 1140. The Morgan fingerprint density at radius 2 is 2.11 bits per heavy atom. The van der Waals surface area contributed by atoms with Crippen molar-refractivity contribution in [3.05, 3.63) is 48.2 Å². The molecule has 1 aliphatic carbocycles. The number of anilines is 1. The molecule has 144 valence electrons. The number of hydrogen-bond acceptors (Lipinski definition) is 6. The lowest BCUT2D eigenvalue weighted by atomic mass is 9.93. The highest BCUT2D eigenvalue weighted by atomic mass is 32.1. The SMILES string of the molecule is O[C@@H]1CCCCC1Nc1nc2cc(F)c(Cn3cnc4cccnc43)cc2s1. The molecule has 0 saturated heterocycles. The van der Waals surface area contributed by atoms with Crippen molar-refractivity contribution in [3.8, 4) is 0 Å². The Labute approximate surface area is 165 Å². The molecule has 0 bridgehead atoms. The molecule has 1 aliphatic rings. The summed E-state index contributed by atoms with van der Waals surface area (Å²) in [6.45, 7) is 0.358. The van der Waals surface area contributed by atoms with E-state index in [1.807, 2.05) is 22.8 Å². The third-order valence-corrected chi connectivity index (χ3v) is 6.26. The van der Waals surface area contributed by atoms with Gasteiger partial charge in [-0.25, -0.2) is 19.3 Å². The van der Waals surface area contributed by atoms with E-state index in [0.29, 0.717) is 17.6 Å². The number of nitrogens with one attached hydrogen (secondary N) is 1. The molecular weight excluding hydrogens is 377 g/mol. The lowest BCUT2D eigenvalue weighted by molar-refractivity contribution is 0.116. The molecule has 3 aromatic heterocycles. The molecule has 1 aromatic carbocycles. The van der Waals surface area contributed by atoms with Gasteiger partial charge in [-0.2, -0.15) is 0 Å². The number of imidazole rings is 1. The third kappa shape index (κ3) is 3.22. The normalized spacial score (nSPS) is 20.1. The topological polar surface area (TPSA) is 75.9 Å². The zero-order valence-corrected chi connectivity index (χ0v) is 16.0. The molecule has 0 spiro atoms. The first kappa shape index (κ1) is 17.5. The van der Waals surface area contributed by atoms with Crippen molar-refractivity contribution in [2.24, 2.45) is 0 Å². The van der Waals surface area contributed by atoms with E-state index < -0.39 is 0 Å². The van der Waals surface area contributed by atoms with Crippen molar-refractivity contribution < 1.29 is 9.50 Å². The van der Waals surface area contributed by atoms with E-state index in [9.17, 15) is 9.50 Å². The number of aromatic nitrogens is 4. The number of fused-ring (bicyclic) bond motifs is 2. The smallest absolute Gasteiger partial charge is 0.184 e. The van der Waals surface area contributed by atoms with E-state index in [0.717, 1.165) is 46.7 Å². The molecule has 0 amide bonds. The van der Waals surface area contributed by atoms with Gasteiger partial charge < -0.3 is 15.0 Å². The van der Waals surface area contributed by atoms with Crippen molar-refractivity contribution >= 4 is 37.8 Å². The molecule has 3 heterocycles. The molecule has 1 unspecified atom stereocenters. The monoisotopic (exact) mass is 397 g/mol. The van der Waals surface area contributed by atoms with Gasteiger partial charge >= 0.3 is 0 Å². The Balaban J connectivity index is 1.43. The van der Waals surface area contributed by atoms with Gasteiger partial charge in [-0.3, -0.25) is 0 Å². The molecule has 8 heteroatoms. The second-order valence-corrected chi connectivity index (χ2v) is 8.28. The van der Waals surface area contributed by atoms with Crippen molar-refractivity contribution in [2.45, 2.75) is 44.4 Å². The van der Waals surface area contributed by atoms with Gasteiger partial charge in [-0.05, 0) is 31.0 Å². The van der Waals surface area contributed by atoms with Crippen LogP contribution in [-0.2, 0) is 6.54 Å². The van der Waals surface area contributed by atoms with Gasteiger partial charge in [0.15, 0.2) is 10.8 Å². The first-order chi connectivity index (χ1) is 13.7. The Kier molecular flexibility index (Phi) is 4.44. The van der Waals surface area contributed by atoms with E-state index in [2.05, 4.69) is 20.3 Å². The summed E-state index contributed by atoms with van der Waals surface area (Å²) in [6.07, 6.45) is 6.95. The van der Waals surface area contributed by atoms with Crippen LogP contribution in [-0.4, -0.2) is 36.8 Å². The van der Waals surface area contributed by atoms with E-state index in [1.165, 1.54) is 17.4 Å². The van der Waals surface area contributed by atoms with Crippen LogP contribution in [0.5, 0.6) is 0 Å². The molecule has 2 atom stereocenters. The van der Waals surface area contributed by atoms with Gasteiger partial charge in [0.05, 0.1) is 35.2 Å². The summed E-state index contributed by atoms with van der Waals surface area (Å²) < 4.78 is 17.5. The molecule has 2 N–H and O–H groups in total. The first-order valence-corrected chi connectivity index (χ1v) is 10.3. The van der Waals surface area contributed by atoms with Gasteiger partial charge in [0, 0.05) is 17.8 Å². The number of thiazole rings is 1. The quantitative estimate of drug-likeness (QED) is 0.545. The molecule has 1 fully saturated rings. The molecule has 0 aliphatic heterocycles. The van der Waals surface area contributed by atoms with Crippen molar-refractivity contribution in [1.29, 1.82) is 0 Å². The van der Waals surface area contributed by atoms with Crippen molar-refractivity contribution in [2.75, 3.05) is 5.32 Å². The highest BCUT2D eigenvalue weighted by Crippen LogP contribution is 2.31. The Morgan fingerprint density at radius 1 is 1.21 bits per heavy atom. The molecule has 0 radical (unpaired) electrons. The maximum Gasteiger partial charge on any atom is 0.184 e. The van der Waals surface area contributed by atoms with Crippen LogP contribution < -0.4 is 5.32 Å². The van der Waals surface area contributed by atoms with Crippen LogP contribution >= 0.6 is 11.3 Å². The summed E-state index contributed by atoms with van der Waals surface area (Å²) in [7, 11) is 0. The molecular formula is C20H20FN5OS. The Hall–Kier alpha value is -2.58. The second kappa shape index (κ2) is 7.10. The fourth-order valence-corrected chi connectivity index (χ4v) is 4.78. The van der Waals surface area contributed by atoms with Crippen LogP contribution in [0.1, 0.15) is 31.2 Å². The predicted octanol–water partition coefficient (Wildman–Crippen LogP) is 3.94.